The predicted molar refractivity (Wildman–Crippen MR) is 110 cm³/mol. The van der Waals surface area contributed by atoms with Crippen LogP contribution in [0.3, 0.4) is 0 Å². The molecule has 1 fully saturated rings. The van der Waals surface area contributed by atoms with E-state index in [0.29, 0.717) is 13.0 Å². The lowest BCUT2D eigenvalue weighted by molar-refractivity contribution is -0.134. The highest BCUT2D eigenvalue weighted by Crippen LogP contribution is 2.29. The molecule has 1 saturated heterocycles. The van der Waals surface area contributed by atoms with Crippen LogP contribution < -0.4 is 16.0 Å². The van der Waals surface area contributed by atoms with E-state index in [9.17, 15) is 14.4 Å². The van der Waals surface area contributed by atoms with Gasteiger partial charge < -0.3 is 30.2 Å². The summed E-state index contributed by atoms with van der Waals surface area (Å²) in [6, 6.07) is 7.02. The number of Topliss-reactive ketones (excluding diaryl/α,β-unsaturated/α-hetero) is 1. The van der Waals surface area contributed by atoms with Gasteiger partial charge in [0.1, 0.15) is 17.7 Å². The summed E-state index contributed by atoms with van der Waals surface area (Å²) in [4.78, 5) is 38.3. The molecule has 1 aromatic rings. The second-order valence-electron chi connectivity index (χ2n) is 7.45. The van der Waals surface area contributed by atoms with Crippen LogP contribution in [-0.4, -0.2) is 82.4 Å². The Hall–Kier alpha value is -2.33. The average molecular weight is 421 g/mol. The molecule has 4 atom stereocenters. The quantitative estimate of drug-likeness (QED) is 0.365. The van der Waals surface area contributed by atoms with E-state index in [0.717, 1.165) is 5.56 Å². The molecule has 30 heavy (non-hydrogen) atoms. The predicted octanol–water partition coefficient (Wildman–Crippen LogP) is -0.562. The molecule has 0 unspecified atom stereocenters. The largest absolute Gasteiger partial charge is 0.383 e. The van der Waals surface area contributed by atoms with Crippen molar-refractivity contribution in [3.8, 4) is 0 Å². The highest BCUT2D eigenvalue weighted by atomic mass is 16.6. The second kappa shape index (κ2) is 11.2. The molecule has 0 saturated carbocycles. The fourth-order valence-corrected chi connectivity index (χ4v) is 3.03. The summed E-state index contributed by atoms with van der Waals surface area (Å²) in [5, 5.41) is 8.26. The van der Waals surface area contributed by atoms with Gasteiger partial charge in [0.15, 0.2) is 5.78 Å². The zero-order chi connectivity index (χ0) is 22.1. The van der Waals surface area contributed by atoms with Gasteiger partial charge in [-0.15, -0.1) is 0 Å². The van der Waals surface area contributed by atoms with E-state index in [1.54, 1.807) is 14.0 Å². The summed E-state index contributed by atoms with van der Waals surface area (Å²) in [5.41, 5.74) is 0.0191. The van der Waals surface area contributed by atoms with Crippen LogP contribution in [0.25, 0.3) is 0 Å². The van der Waals surface area contributed by atoms with Crippen LogP contribution in [0.5, 0.6) is 0 Å². The first-order valence-electron chi connectivity index (χ1n) is 9.82. The number of carbonyl (C=O) groups is 3. The molecule has 0 aromatic heterocycles. The maximum Gasteiger partial charge on any atom is 0.245 e. The fraction of sp³-hybridized carbons (Fsp3) is 0.571. The maximum atomic E-state index is 12.9. The van der Waals surface area contributed by atoms with Gasteiger partial charge >= 0.3 is 0 Å². The third-order valence-electron chi connectivity index (χ3n) is 4.98. The summed E-state index contributed by atoms with van der Waals surface area (Å²) in [7, 11) is 4.54. The summed E-state index contributed by atoms with van der Waals surface area (Å²) in [5.74, 6) is -1.11. The van der Waals surface area contributed by atoms with Crippen LogP contribution in [0.4, 0.5) is 0 Å². The van der Waals surface area contributed by atoms with E-state index in [-0.39, 0.29) is 19.0 Å². The smallest absolute Gasteiger partial charge is 0.245 e. The zero-order valence-electron chi connectivity index (χ0n) is 17.9. The molecule has 2 amide bonds. The van der Waals surface area contributed by atoms with Gasteiger partial charge in [0.2, 0.25) is 11.8 Å². The van der Waals surface area contributed by atoms with Crippen LogP contribution >= 0.6 is 0 Å². The average Bonchev–Trinajstić information content (AvgIpc) is 3.49. The Morgan fingerprint density at radius 1 is 1.00 bits per heavy atom. The number of amides is 2. The summed E-state index contributed by atoms with van der Waals surface area (Å²) in [6.07, 6.45) is 0.320. The lowest BCUT2D eigenvalue weighted by Crippen LogP contribution is -2.58. The first-order chi connectivity index (χ1) is 14.3. The topological polar surface area (TPSA) is 118 Å². The van der Waals surface area contributed by atoms with Gasteiger partial charge in [0, 0.05) is 14.2 Å². The Morgan fingerprint density at radius 3 is 2.07 bits per heavy atom. The summed E-state index contributed by atoms with van der Waals surface area (Å²) in [6.45, 7) is 2.14. The molecule has 9 heteroatoms. The van der Waals surface area contributed by atoms with Crippen molar-refractivity contribution >= 4 is 17.6 Å². The minimum absolute atomic E-state index is 0.0407. The van der Waals surface area contributed by atoms with E-state index in [1.807, 2.05) is 30.3 Å². The molecule has 1 aromatic carbocycles. The molecule has 0 aliphatic carbocycles. The fourth-order valence-electron chi connectivity index (χ4n) is 3.03. The van der Waals surface area contributed by atoms with Gasteiger partial charge in [-0.1, -0.05) is 30.3 Å². The molecule has 0 bridgehead atoms. The van der Waals surface area contributed by atoms with Crippen molar-refractivity contribution in [1.82, 2.24) is 16.0 Å². The van der Waals surface area contributed by atoms with Crippen LogP contribution in [0.15, 0.2) is 30.3 Å². The molecule has 1 aliphatic rings. The number of epoxide rings is 1. The number of ketones is 1. The van der Waals surface area contributed by atoms with Crippen LogP contribution in [-0.2, 0) is 35.0 Å². The third kappa shape index (κ3) is 6.60. The number of rotatable bonds is 13. The molecule has 3 N–H and O–H groups in total. The molecule has 9 nitrogen and oxygen atoms in total. The van der Waals surface area contributed by atoms with Gasteiger partial charge in [-0.05, 0) is 26.0 Å². The van der Waals surface area contributed by atoms with E-state index < -0.39 is 35.5 Å². The maximum absolute atomic E-state index is 12.9. The molecule has 1 aliphatic heterocycles. The van der Waals surface area contributed by atoms with Gasteiger partial charge in [0.05, 0.1) is 25.9 Å². The van der Waals surface area contributed by atoms with E-state index in [4.69, 9.17) is 14.2 Å². The zero-order valence-corrected chi connectivity index (χ0v) is 17.9. The highest BCUT2D eigenvalue weighted by molar-refractivity contribution is 5.98. The molecule has 1 heterocycles. The van der Waals surface area contributed by atoms with Gasteiger partial charge in [0.25, 0.3) is 0 Å². The monoisotopic (exact) mass is 421 g/mol. The Balaban J connectivity index is 2.11. The van der Waals surface area contributed by atoms with Crippen molar-refractivity contribution in [3.63, 3.8) is 0 Å². The SMILES string of the molecule is CN[C@@H](COC)C(=O)N[C@@H](COC)C(=O)N[C@@H](Cc1ccccc1)C(=O)[C@@]1(C)CO1. The lowest BCUT2D eigenvalue weighted by Gasteiger charge is -2.25. The minimum atomic E-state index is -0.964. The number of methoxy groups -OCH3 is 2. The van der Waals surface area contributed by atoms with Crippen molar-refractivity contribution < 1.29 is 28.6 Å². The molecule has 0 radical (unpaired) electrons. The van der Waals surface area contributed by atoms with Crippen molar-refractivity contribution in [3.05, 3.63) is 35.9 Å². The Morgan fingerprint density at radius 2 is 1.53 bits per heavy atom. The van der Waals surface area contributed by atoms with Gasteiger partial charge in [-0.25, -0.2) is 0 Å². The molecule has 166 valence electrons. The molecule has 2 rings (SSSR count). The highest BCUT2D eigenvalue weighted by Gasteiger charge is 2.50. The number of hydrogen-bond donors (Lipinski definition) is 3. The number of ether oxygens (including phenoxy) is 3. The number of hydrogen-bond acceptors (Lipinski definition) is 7. The van der Waals surface area contributed by atoms with Crippen molar-refractivity contribution in [2.75, 3.05) is 41.1 Å². The normalized spacial score (nSPS) is 20.7. The molecular formula is C21H31N3O6. The van der Waals surface area contributed by atoms with E-state index >= 15 is 0 Å². The second-order valence-corrected chi connectivity index (χ2v) is 7.45. The van der Waals surface area contributed by atoms with Crippen molar-refractivity contribution in [2.45, 2.75) is 37.1 Å². The van der Waals surface area contributed by atoms with Crippen molar-refractivity contribution in [2.24, 2.45) is 0 Å². The standard InChI is InChI=1S/C21H31N3O6/c1-21(13-30-21)18(25)15(10-14-8-6-5-7-9-14)23-20(27)17(12-29-4)24-19(26)16(22-2)11-28-3/h5-9,15-17,22H,10-13H2,1-4H3,(H,23,27)(H,24,26)/t15-,16-,17-,21+/m0/s1. The molecule has 0 spiro atoms. The first-order valence-corrected chi connectivity index (χ1v) is 9.82. The summed E-state index contributed by atoms with van der Waals surface area (Å²) >= 11 is 0. The van der Waals surface area contributed by atoms with E-state index in [2.05, 4.69) is 16.0 Å². The van der Waals surface area contributed by atoms with Gasteiger partial charge in [-0.3, -0.25) is 14.4 Å². The minimum Gasteiger partial charge on any atom is -0.383 e. The Labute approximate surface area is 176 Å². The van der Waals surface area contributed by atoms with Crippen molar-refractivity contribution in [1.29, 1.82) is 0 Å². The number of likely N-dealkylation sites (N-methyl/N-ethyl adjacent to an activating group) is 1. The summed E-state index contributed by atoms with van der Waals surface area (Å²) < 4.78 is 15.4. The number of nitrogens with one attached hydrogen (secondary N) is 3. The molecular weight excluding hydrogens is 390 g/mol. The number of benzene rings is 1. The number of carbonyl (C=O) groups excluding carboxylic acids is 3. The van der Waals surface area contributed by atoms with E-state index in [1.165, 1.54) is 14.2 Å². The van der Waals surface area contributed by atoms with Crippen LogP contribution in [0.1, 0.15) is 12.5 Å². The Bertz CT molecular complexity index is 723. The van der Waals surface area contributed by atoms with Gasteiger partial charge in [-0.2, -0.15) is 0 Å². The first kappa shape index (κ1) is 23.9. The Kier molecular flexibility index (Phi) is 8.91. The lowest BCUT2D eigenvalue weighted by atomic mass is 9.94. The third-order valence-corrected chi connectivity index (χ3v) is 4.98. The van der Waals surface area contributed by atoms with Crippen LogP contribution in [0.2, 0.25) is 0 Å². The van der Waals surface area contributed by atoms with Crippen LogP contribution in [0, 0.1) is 0 Å².